The fourth-order valence-corrected chi connectivity index (χ4v) is 3.42. The third-order valence-electron chi connectivity index (χ3n) is 3.97. The summed E-state index contributed by atoms with van der Waals surface area (Å²) in [5.41, 5.74) is 2.49. The van der Waals surface area contributed by atoms with Gasteiger partial charge in [-0.05, 0) is 43.7 Å². The van der Waals surface area contributed by atoms with E-state index in [1.165, 1.54) is 0 Å². The molecule has 9 heteroatoms. The van der Waals surface area contributed by atoms with Crippen molar-refractivity contribution >= 4 is 58.4 Å². The van der Waals surface area contributed by atoms with Gasteiger partial charge in [-0.3, -0.25) is 14.4 Å². The van der Waals surface area contributed by atoms with Crippen LogP contribution in [-0.4, -0.2) is 35.4 Å². The quantitative estimate of drug-likeness (QED) is 0.538. The van der Waals surface area contributed by atoms with Crippen molar-refractivity contribution in [3.8, 4) is 0 Å². The number of esters is 1. The van der Waals surface area contributed by atoms with Gasteiger partial charge >= 0.3 is 5.97 Å². The van der Waals surface area contributed by atoms with Crippen LogP contribution in [0.5, 0.6) is 0 Å². The highest BCUT2D eigenvalue weighted by atomic mass is 35.5. The second-order valence-electron chi connectivity index (χ2n) is 6.49. The molecular formula is C21H22Cl2N2O4S. The first-order valence-corrected chi connectivity index (χ1v) is 10.9. The highest BCUT2D eigenvalue weighted by Gasteiger charge is 2.18. The Kier molecular flexibility index (Phi) is 9.49. The van der Waals surface area contributed by atoms with Crippen molar-refractivity contribution < 1.29 is 19.1 Å². The predicted octanol–water partition coefficient (Wildman–Crippen LogP) is 4.22. The van der Waals surface area contributed by atoms with Crippen LogP contribution in [0, 0.1) is 6.92 Å². The molecule has 2 N–H and O–H groups in total. The second-order valence-corrected chi connectivity index (χ2v) is 8.66. The third kappa shape index (κ3) is 8.26. The molecule has 0 saturated carbocycles. The van der Waals surface area contributed by atoms with Crippen molar-refractivity contribution in [2.75, 3.05) is 17.7 Å². The van der Waals surface area contributed by atoms with Crippen LogP contribution in [0.1, 0.15) is 18.1 Å². The minimum atomic E-state index is -0.590. The second kappa shape index (κ2) is 11.8. The van der Waals surface area contributed by atoms with Crippen LogP contribution in [0.3, 0.4) is 0 Å². The number of halogens is 2. The molecule has 0 saturated heterocycles. The van der Waals surface area contributed by atoms with E-state index >= 15 is 0 Å². The van der Waals surface area contributed by atoms with Crippen LogP contribution in [0.4, 0.5) is 5.69 Å². The van der Waals surface area contributed by atoms with E-state index in [4.69, 9.17) is 27.9 Å². The molecule has 2 aromatic rings. The lowest BCUT2D eigenvalue weighted by molar-refractivity contribution is -0.147. The van der Waals surface area contributed by atoms with Gasteiger partial charge in [-0.15, -0.1) is 11.8 Å². The average Bonchev–Trinajstić information content (AvgIpc) is 2.71. The van der Waals surface area contributed by atoms with Crippen molar-refractivity contribution in [1.82, 2.24) is 5.32 Å². The number of nitrogens with one attached hydrogen (secondary N) is 2. The molecule has 1 unspecified atom stereocenters. The molecule has 0 radical (unpaired) electrons. The summed E-state index contributed by atoms with van der Waals surface area (Å²) < 4.78 is 5.01. The molecule has 2 aromatic carbocycles. The molecule has 0 aliphatic carbocycles. The zero-order valence-electron chi connectivity index (χ0n) is 16.5. The Hall–Kier alpha value is -2.22. The average molecular weight is 469 g/mol. The zero-order chi connectivity index (χ0) is 22.1. The molecule has 2 rings (SSSR count). The summed E-state index contributed by atoms with van der Waals surface area (Å²) in [4.78, 5) is 35.9. The SMILES string of the molecule is Cc1ccc(NC(=O)CSC(C)C(=O)OCC(=O)NCc2ccc(Cl)cc2Cl)cc1. The molecule has 0 aliphatic heterocycles. The molecule has 30 heavy (non-hydrogen) atoms. The van der Waals surface area contributed by atoms with Crippen LogP contribution in [-0.2, 0) is 25.7 Å². The van der Waals surface area contributed by atoms with Crippen molar-refractivity contribution in [3.63, 3.8) is 0 Å². The maximum Gasteiger partial charge on any atom is 0.319 e. The Labute approximate surface area is 189 Å². The van der Waals surface area contributed by atoms with Crippen LogP contribution in [0.25, 0.3) is 0 Å². The lowest BCUT2D eigenvalue weighted by Gasteiger charge is -2.12. The van der Waals surface area contributed by atoms with Gasteiger partial charge in [0.25, 0.3) is 5.91 Å². The predicted molar refractivity (Wildman–Crippen MR) is 121 cm³/mol. The standard InChI is InChI=1S/C21H22Cl2N2O4S/c1-13-3-7-17(8-4-13)25-20(27)12-30-14(2)21(28)29-11-19(26)24-10-15-5-6-16(22)9-18(15)23/h3-9,14H,10-12H2,1-2H3,(H,24,26)(H,25,27). The van der Waals surface area contributed by atoms with Crippen LogP contribution < -0.4 is 10.6 Å². The van der Waals surface area contributed by atoms with Gasteiger partial charge in [0.1, 0.15) is 5.25 Å². The van der Waals surface area contributed by atoms with Gasteiger partial charge in [0.05, 0.1) is 5.75 Å². The van der Waals surface area contributed by atoms with Crippen molar-refractivity contribution in [3.05, 3.63) is 63.6 Å². The third-order valence-corrected chi connectivity index (χ3v) is 5.68. The molecule has 0 spiro atoms. The summed E-state index contributed by atoms with van der Waals surface area (Å²) in [6, 6.07) is 12.4. The topological polar surface area (TPSA) is 84.5 Å². The van der Waals surface area contributed by atoms with E-state index in [0.717, 1.165) is 17.3 Å². The van der Waals surface area contributed by atoms with Gasteiger partial charge in [-0.1, -0.05) is 47.0 Å². The highest BCUT2D eigenvalue weighted by molar-refractivity contribution is 8.01. The number of hydrogen-bond donors (Lipinski definition) is 2. The van der Waals surface area contributed by atoms with E-state index in [-0.39, 0.29) is 18.2 Å². The number of anilines is 1. The Morgan fingerprint density at radius 2 is 1.77 bits per heavy atom. The number of hydrogen-bond acceptors (Lipinski definition) is 5. The lowest BCUT2D eigenvalue weighted by atomic mass is 10.2. The van der Waals surface area contributed by atoms with E-state index < -0.39 is 23.7 Å². The van der Waals surface area contributed by atoms with Gasteiger partial charge < -0.3 is 15.4 Å². The summed E-state index contributed by atoms with van der Waals surface area (Å²) in [5.74, 6) is -1.15. The van der Waals surface area contributed by atoms with Crippen molar-refractivity contribution in [1.29, 1.82) is 0 Å². The molecule has 0 bridgehead atoms. The molecule has 1 atom stereocenters. The largest absolute Gasteiger partial charge is 0.455 e. The summed E-state index contributed by atoms with van der Waals surface area (Å²) in [7, 11) is 0. The van der Waals surface area contributed by atoms with Crippen molar-refractivity contribution in [2.24, 2.45) is 0 Å². The lowest BCUT2D eigenvalue weighted by Crippen LogP contribution is -2.30. The Morgan fingerprint density at radius 1 is 1.07 bits per heavy atom. The fraction of sp³-hybridized carbons (Fsp3) is 0.286. The molecule has 160 valence electrons. The van der Waals surface area contributed by atoms with E-state index in [9.17, 15) is 14.4 Å². The number of rotatable bonds is 9. The number of carbonyl (C=O) groups excluding carboxylic acids is 3. The smallest absolute Gasteiger partial charge is 0.319 e. The summed E-state index contributed by atoms with van der Waals surface area (Å²) in [6.45, 7) is 3.36. The first-order chi connectivity index (χ1) is 14.2. The van der Waals surface area contributed by atoms with Gasteiger partial charge in [0.15, 0.2) is 6.61 Å². The maximum absolute atomic E-state index is 12.0. The number of ether oxygens (including phenoxy) is 1. The van der Waals surface area contributed by atoms with E-state index in [1.807, 2.05) is 31.2 Å². The Bertz CT molecular complexity index is 906. The minimum Gasteiger partial charge on any atom is -0.455 e. The summed E-state index contributed by atoms with van der Waals surface area (Å²) in [6.07, 6.45) is 0. The number of carbonyl (C=O) groups is 3. The first-order valence-electron chi connectivity index (χ1n) is 9.10. The first kappa shape index (κ1) is 24.1. The normalized spacial score (nSPS) is 11.5. The summed E-state index contributed by atoms with van der Waals surface area (Å²) in [5, 5.41) is 5.73. The monoisotopic (exact) mass is 468 g/mol. The van der Waals surface area contributed by atoms with Gasteiger partial charge in [0.2, 0.25) is 5.91 Å². The van der Waals surface area contributed by atoms with Gasteiger partial charge in [0, 0.05) is 22.3 Å². The van der Waals surface area contributed by atoms with Crippen molar-refractivity contribution in [2.45, 2.75) is 25.6 Å². The van der Waals surface area contributed by atoms with Crippen LogP contribution in [0.2, 0.25) is 10.0 Å². The van der Waals surface area contributed by atoms with Crippen LogP contribution in [0.15, 0.2) is 42.5 Å². The Morgan fingerprint density at radius 3 is 2.43 bits per heavy atom. The van der Waals surface area contributed by atoms with E-state index in [0.29, 0.717) is 21.3 Å². The molecule has 0 heterocycles. The molecular weight excluding hydrogens is 447 g/mol. The highest BCUT2D eigenvalue weighted by Crippen LogP contribution is 2.20. The number of benzene rings is 2. The number of aryl methyl sites for hydroxylation is 1. The molecule has 0 aromatic heterocycles. The summed E-state index contributed by atoms with van der Waals surface area (Å²) >= 11 is 13.0. The fourth-order valence-electron chi connectivity index (χ4n) is 2.27. The van der Waals surface area contributed by atoms with Gasteiger partial charge in [-0.25, -0.2) is 0 Å². The molecule has 0 fully saturated rings. The van der Waals surface area contributed by atoms with Crippen LogP contribution >= 0.6 is 35.0 Å². The zero-order valence-corrected chi connectivity index (χ0v) is 18.9. The molecule has 0 aliphatic rings. The number of amides is 2. The minimum absolute atomic E-state index is 0.0887. The maximum atomic E-state index is 12.0. The number of thioether (sulfide) groups is 1. The molecule has 2 amide bonds. The van der Waals surface area contributed by atoms with Gasteiger partial charge in [-0.2, -0.15) is 0 Å². The molecule has 6 nitrogen and oxygen atoms in total. The van der Waals surface area contributed by atoms with E-state index in [1.54, 1.807) is 25.1 Å². The Balaban J connectivity index is 1.67. The van der Waals surface area contributed by atoms with E-state index in [2.05, 4.69) is 10.6 Å².